The normalized spacial score (nSPS) is 20.4. The van der Waals surface area contributed by atoms with E-state index in [1.165, 1.54) is 88.9 Å². The van der Waals surface area contributed by atoms with Gasteiger partial charge in [0.05, 0.1) is 11.5 Å². The van der Waals surface area contributed by atoms with Crippen molar-refractivity contribution in [1.29, 1.82) is 0 Å². The molecule has 1 heteroatoms. The number of hydrogen-bond donors (Lipinski definition) is 0. The van der Waals surface area contributed by atoms with Crippen LogP contribution < -0.4 is 4.90 Å². The van der Waals surface area contributed by atoms with E-state index in [9.17, 15) is 0 Å². The summed E-state index contributed by atoms with van der Waals surface area (Å²) in [6, 6.07) is 50.1. The van der Waals surface area contributed by atoms with Crippen molar-refractivity contribution in [3.8, 4) is 22.3 Å². The Bertz CT molecular complexity index is 2400. The minimum Gasteiger partial charge on any atom is -0.337 e. The second-order valence-electron chi connectivity index (χ2n) is 13.3. The summed E-state index contributed by atoms with van der Waals surface area (Å²) in [5, 5.41) is 2.58. The zero-order chi connectivity index (χ0) is 30.0. The lowest BCUT2D eigenvalue weighted by Crippen LogP contribution is -2.32. The molecule has 2 unspecified atom stereocenters. The summed E-state index contributed by atoms with van der Waals surface area (Å²) in [6.07, 6.45) is 10.3. The molecule has 1 spiro atoms. The third-order valence-electron chi connectivity index (χ3n) is 11.3. The van der Waals surface area contributed by atoms with Gasteiger partial charge in [-0.2, -0.15) is 0 Å². The van der Waals surface area contributed by atoms with E-state index in [1.807, 2.05) is 0 Å². The van der Waals surface area contributed by atoms with Crippen LogP contribution in [0.15, 0.2) is 139 Å². The fraction of sp³-hybridized carbons (Fsp3) is 0.111. The smallest absolute Gasteiger partial charge is 0.0741 e. The van der Waals surface area contributed by atoms with Gasteiger partial charge < -0.3 is 4.90 Å². The fourth-order valence-corrected chi connectivity index (χ4v) is 9.64. The molecule has 1 nitrogen and oxygen atoms in total. The molecule has 6 aromatic carbocycles. The summed E-state index contributed by atoms with van der Waals surface area (Å²) in [6.45, 7) is 0. The van der Waals surface area contributed by atoms with Crippen molar-refractivity contribution >= 4 is 28.1 Å². The topological polar surface area (TPSA) is 3.24 Å². The van der Waals surface area contributed by atoms with Crippen LogP contribution in [-0.2, 0) is 5.41 Å². The van der Waals surface area contributed by atoms with Gasteiger partial charge in [-0.3, -0.25) is 0 Å². The van der Waals surface area contributed by atoms with Gasteiger partial charge in [0.1, 0.15) is 0 Å². The minimum absolute atomic E-state index is 0.211. The van der Waals surface area contributed by atoms with E-state index in [-0.39, 0.29) is 11.5 Å². The SMILES string of the molecule is c1cc2c3c(c#1)-c1ccccc1C31C3=C(CCC(N(c4cccc5ccccc45)C4CC=Cc5ccccc54)=C3)c3cccc-2c31. The number of allylic oxidation sites excluding steroid dienone is 4. The summed E-state index contributed by atoms with van der Waals surface area (Å²) >= 11 is 0. The highest BCUT2D eigenvalue weighted by Crippen LogP contribution is 2.70. The number of anilines is 1. The Labute approximate surface area is 269 Å². The molecule has 0 aliphatic heterocycles. The van der Waals surface area contributed by atoms with Gasteiger partial charge in [-0.15, -0.1) is 0 Å². The molecule has 0 saturated carbocycles. The Balaban J connectivity index is 1.20. The Morgan fingerprint density at radius 3 is 2.50 bits per heavy atom. The fourth-order valence-electron chi connectivity index (χ4n) is 9.64. The molecule has 46 heavy (non-hydrogen) atoms. The number of fused-ring (bicyclic) bond motifs is 6. The lowest BCUT2D eigenvalue weighted by Gasteiger charge is -2.40. The highest BCUT2D eigenvalue weighted by molar-refractivity contribution is 6.06. The van der Waals surface area contributed by atoms with E-state index in [0.29, 0.717) is 0 Å². The second-order valence-corrected chi connectivity index (χ2v) is 13.3. The van der Waals surface area contributed by atoms with Crippen molar-refractivity contribution < 1.29 is 0 Å². The Hall–Kier alpha value is -5.58. The maximum Gasteiger partial charge on any atom is 0.0741 e. The number of hydrogen-bond acceptors (Lipinski definition) is 1. The molecular formula is C45H29N. The van der Waals surface area contributed by atoms with Crippen molar-refractivity contribution in [1.82, 2.24) is 0 Å². The summed E-state index contributed by atoms with van der Waals surface area (Å²) < 4.78 is 0. The van der Waals surface area contributed by atoms with Crippen molar-refractivity contribution in [3.05, 3.63) is 184 Å². The first kappa shape index (κ1) is 24.7. The van der Waals surface area contributed by atoms with Gasteiger partial charge >= 0.3 is 0 Å². The van der Waals surface area contributed by atoms with Gasteiger partial charge in [0.2, 0.25) is 0 Å². The van der Waals surface area contributed by atoms with Gasteiger partial charge in [0.25, 0.3) is 0 Å². The van der Waals surface area contributed by atoms with E-state index < -0.39 is 0 Å². The first-order valence-electron chi connectivity index (χ1n) is 16.5. The third-order valence-corrected chi connectivity index (χ3v) is 11.3. The van der Waals surface area contributed by atoms with Crippen LogP contribution in [0.2, 0.25) is 0 Å². The molecule has 214 valence electrons. The highest BCUT2D eigenvalue weighted by atomic mass is 15.2. The quantitative estimate of drug-likeness (QED) is 0.200. The number of benzene rings is 5. The Kier molecular flexibility index (Phi) is 4.71. The van der Waals surface area contributed by atoms with Crippen LogP contribution in [0.5, 0.6) is 0 Å². The molecule has 5 aliphatic rings. The van der Waals surface area contributed by atoms with Crippen molar-refractivity contribution in [2.24, 2.45) is 0 Å². The van der Waals surface area contributed by atoms with Crippen LogP contribution in [-0.4, -0.2) is 0 Å². The molecule has 11 rings (SSSR count). The second kappa shape index (κ2) is 8.78. The highest BCUT2D eigenvalue weighted by Gasteiger charge is 2.58. The van der Waals surface area contributed by atoms with Crippen LogP contribution >= 0.6 is 0 Å². The number of rotatable bonds is 3. The Morgan fingerprint density at radius 1 is 0.696 bits per heavy atom. The molecule has 6 aromatic rings. The summed E-state index contributed by atoms with van der Waals surface area (Å²) in [5.74, 6) is 0. The standard InChI is InChI=1S/C45H29N/c1-3-15-31-28(11-1)13-7-23-41(31)46(42-24-8-14-29-12-2-4-16-32(29)42)30-25-26-34-36-19-10-21-38-37-20-9-18-35-33-17-5-6-22-39(33)45(43(35)37,44(36)38)40(34)27-30/h1-8,10-17,19-23,27,42H,24-26H2. The molecule has 0 heterocycles. The van der Waals surface area contributed by atoms with Crippen LogP contribution in [0, 0.1) is 12.1 Å². The predicted molar refractivity (Wildman–Crippen MR) is 188 cm³/mol. The maximum atomic E-state index is 3.59. The number of nitrogens with zero attached hydrogens (tertiary/aromatic N) is 1. The summed E-state index contributed by atoms with van der Waals surface area (Å²) in [4.78, 5) is 2.71. The molecule has 0 radical (unpaired) electrons. The average molecular weight is 584 g/mol. The minimum atomic E-state index is -0.297. The molecule has 0 fully saturated rings. The molecule has 5 aliphatic carbocycles. The first-order valence-corrected chi connectivity index (χ1v) is 16.5. The van der Waals surface area contributed by atoms with E-state index in [4.69, 9.17) is 0 Å². The molecule has 0 aromatic heterocycles. The molecule has 0 bridgehead atoms. The van der Waals surface area contributed by atoms with Gasteiger partial charge in [-0.05, 0) is 104 Å². The predicted octanol–water partition coefficient (Wildman–Crippen LogP) is 10.8. The zero-order valence-corrected chi connectivity index (χ0v) is 25.3. The van der Waals surface area contributed by atoms with Crippen molar-refractivity contribution in [2.75, 3.05) is 4.90 Å². The van der Waals surface area contributed by atoms with Gasteiger partial charge in [0.15, 0.2) is 0 Å². The lowest BCUT2D eigenvalue weighted by atomic mass is 9.71. The molecule has 2 atom stereocenters. The van der Waals surface area contributed by atoms with Crippen LogP contribution in [0.1, 0.15) is 58.7 Å². The largest absolute Gasteiger partial charge is 0.337 e. The first-order chi connectivity index (χ1) is 22.8. The van der Waals surface area contributed by atoms with Crippen molar-refractivity contribution in [2.45, 2.75) is 30.7 Å². The van der Waals surface area contributed by atoms with Gasteiger partial charge in [-0.25, -0.2) is 0 Å². The lowest BCUT2D eigenvalue weighted by molar-refractivity contribution is 0.654. The molecule has 0 saturated heterocycles. The van der Waals surface area contributed by atoms with Crippen LogP contribution in [0.4, 0.5) is 5.69 Å². The van der Waals surface area contributed by atoms with E-state index in [2.05, 4.69) is 151 Å². The molecule has 0 amide bonds. The maximum absolute atomic E-state index is 3.59. The zero-order valence-electron chi connectivity index (χ0n) is 25.3. The van der Waals surface area contributed by atoms with E-state index in [1.54, 1.807) is 0 Å². The van der Waals surface area contributed by atoms with Crippen LogP contribution in [0.25, 0.3) is 44.7 Å². The van der Waals surface area contributed by atoms with Crippen molar-refractivity contribution in [3.63, 3.8) is 0 Å². The monoisotopic (exact) mass is 583 g/mol. The Morgan fingerprint density at radius 2 is 1.50 bits per heavy atom. The summed E-state index contributed by atoms with van der Waals surface area (Å²) in [5.41, 5.74) is 19.1. The molecular weight excluding hydrogens is 555 g/mol. The third kappa shape index (κ3) is 2.89. The summed E-state index contributed by atoms with van der Waals surface area (Å²) in [7, 11) is 0. The molecule has 0 N–H and O–H groups in total. The van der Waals surface area contributed by atoms with E-state index in [0.717, 1.165) is 19.3 Å². The van der Waals surface area contributed by atoms with E-state index >= 15 is 0 Å². The average Bonchev–Trinajstić information content (AvgIpc) is 3.71. The van der Waals surface area contributed by atoms with Crippen LogP contribution in [0.3, 0.4) is 0 Å². The van der Waals surface area contributed by atoms with Gasteiger partial charge in [0, 0.05) is 22.3 Å². The van der Waals surface area contributed by atoms with Gasteiger partial charge in [-0.1, -0.05) is 127 Å².